The van der Waals surface area contributed by atoms with Gasteiger partial charge in [-0.15, -0.1) is 24.8 Å². The summed E-state index contributed by atoms with van der Waals surface area (Å²) in [6, 6.07) is 6.97. The summed E-state index contributed by atoms with van der Waals surface area (Å²) in [6.45, 7) is 6.38. The minimum Gasteiger partial charge on any atom is -0.508 e. The van der Waals surface area contributed by atoms with E-state index in [1.54, 1.807) is 12.1 Å². The number of carbonyl (C=O) groups is 1. The van der Waals surface area contributed by atoms with Crippen molar-refractivity contribution in [3.63, 3.8) is 0 Å². The van der Waals surface area contributed by atoms with E-state index in [-0.39, 0.29) is 48.6 Å². The average molecular weight is 378 g/mol. The van der Waals surface area contributed by atoms with Gasteiger partial charge in [0, 0.05) is 38.4 Å². The number of morpholine rings is 1. The van der Waals surface area contributed by atoms with E-state index >= 15 is 0 Å². The number of hydrogen-bond donors (Lipinski definition) is 2. The molecule has 0 aromatic heterocycles. The third-order valence-corrected chi connectivity index (χ3v) is 4.39. The monoisotopic (exact) mass is 377 g/mol. The number of benzene rings is 1. The lowest BCUT2D eigenvalue weighted by atomic mass is 10.1. The molecule has 24 heavy (non-hydrogen) atoms. The molecule has 0 spiro atoms. The highest BCUT2D eigenvalue weighted by Gasteiger charge is 2.33. The second-order valence-electron chi connectivity index (χ2n) is 5.84. The van der Waals surface area contributed by atoms with E-state index in [9.17, 15) is 9.90 Å². The van der Waals surface area contributed by atoms with Gasteiger partial charge in [0.25, 0.3) is 0 Å². The van der Waals surface area contributed by atoms with Gasteiger partial charge in [-0.25, -0.2) is 0 Å². The second kappa shape index (κ2) is 9.32. The molecule has 2 atom stereocenters. The van der Waals surface area contributed by atoms with Gasteiger partial charge in [0.2, 0.25) is 5.91 Å². The van der Waals surface area contributed by atoms with Crippen LogP contribution < -0.4 is 10.2 Å². The maximum atomic E-state index is 12.6. The van der Waals surface area contributed by atoms with Crippen molar-refractivity contribution >= 4 is 36.4 Å². The highest BCUT2D eigenvalue weighted by atomic mass is 35.5. The van der Waals surface area contributed by atoms with Crippen LogP contribution in [0.1, 0.15) is 6.92 Å². The zero-order valence-corrected chi connectivity index (χ0v) is 15.3. The van der Waals surface area contributed by atoms with Gasteiger partial charge in [-0.05, 0) is 31.2 Å². The Kier molecular flexibility index (Phi) is 8.09. The molecule has 0 unspecified atom stereocenters. The van der Waals surface area contributed by atoms with Crippen LogP contribution >= 0.6 is 24.8 Å². The summed E-state index contributed by atoms with van der Waals surface area (Å²) in [5, 5.41) is 12.6. The van der Waals surface area contributed by atoms with E-state index in [1.807, 2.05) is 24.0 Å². The van der Waals surface area contributed by atoms with Gasteiger partial charge in [0.15, 0.2) is 0 Å². The van der Waals surface area contributed by atoms with Gasteiger partial charge >= 0.3 is 0 Å². The molecule has 2 aliphatic heterocycles. The maximum absolute atomic E-state index is 12.6. The van der Waals surface area contributed by atoms with E-state index in [1.165, 1.54) is 0 Å². The van der Waals surface area contributed by atoms with Crippen molar-refractivity contribution in [1.82, 2.24) is 10.2 Å². The van der Waals surface area contributed by atoms with E-state index in [2.05, 4.69) is 10.2 Å². The number of hydrogen-bond acceptors (Lipinski definition) is 5. The standard InChI is InChI=1S/C16H23N3O3.2ClH/c1-12-15(17-6-11-22-12)16(21)19-9-7-18(8-10-19)13-2-4-14(20)5-3-13;;/h2-5,12,15,17,20H,6-11H2,1H3;2*1H/t12-,15+;;/m1../s1. The average Bonchev–Trinajstić information content (AvgIpc) is 2.56. The van der Waals surface area contributed by atoms with Crippen LogP contribution in [0, 0.1) is 0 Å². The normalized spacial score (nSPS) is 23.9. The predicted molar refractivity (Wildman–Crippen MR) is 98.6 cm³/mol. The first-order chi connectivity index (χ1) is 10.6. The zero-order valence-electron chi connectivity index (χ0n) is 13.7. The first kappa shape index (κ1) is 20.8. The Labute approximate surface area is 155 Å². The van der Waals surface area contributed by atoms with E-state index in [0.29, 0.717) is 19.7 Å². The van der Waals surface area contributed by atoms with E-state index in [4.69, 9.17) is 4.74 Å². The number of ether oxygens (including phenoxy) is 1. The van der Waals surface area contributed by atoms with Gasteiger partial charge < -0.3 is 25.0 Å². The summed E-state index contributed by atoms with van der Waals surface area (Å²) in [5.41, 5.74) is 1.08. The predicted octanol–water partition coefficient (Wildman–Crippen LogP) is 1.26. The molecule has 0 bridgehead atoms. The number of carbonyl (C=O) groups excluding carboxylic acids is 1. The van der Waals surface area contributed by atoms with E-state index < -0.39 is 0 Å². The quantitative estimate of drug-likeness (QED) is 0.812. The number of piperazine rings is 1. The highest BCUT2D eigenvalue weighted by molar-refractivity contribution is 5.85. The van der Waals surface area contributed by atoms with E-state index in [0.717, 1.165) is 25.3 Å². The molecule has 2 saturated heterocycles. The Balaban J connectivity index is 0.00000144. The van der Waals surface area contributed by atoms with Crippen LogP contribution in [0.5, 0.6) is 5.75 Å². The summed E-state index contributed by atoms with van der Waals surface area (Å²) < 4.78 is 5.56. The smallest absolute Gasteiger partial charge is 0.242 e. The van der Waals surface area contributed by atoms with Gasteiger partial charge in [-0.2, -0.15) is 0 Å². The lowest BCUT2D eigenvalue weighted by Crippen LogP contribution is -2.59. The number of amides is 1. The summed E-state index contributed by atoms with van der Waals surface area (Å²) in [5.74, 6) is 0.410. The fraction of sp³-hybridized carbons (Fsp3) is 0.562. The minimum atomic E-state index is -0.228. The van der Waals surface area contributed by atoms with Crippen molar-refractivity contribution < 1.29 is 14.6 Å². The van der Waals surface area contributed by atoms with Crippen molar-refractivity contribution in [2.45, 2.75) is 19.1 Å². The molecular weight excluding hydrogens is 353 g/mol. The first-order valence-corrected chi connectivity index (χ1v) is 7.83. The third-order valence-electron chi connectivity index (χ3n) is 4.39. The third kappa shape index (κ3) is 4.66. The Bertz CT molecular complexity index is 522. The number of phenolic OH excluding ortho intramolecular Hbond substituents is 1. The van der Waals surface area contributed by atoms with Crippen LogP contribution in [0.3, 0.4) is 0 Å². The number of nitrogens with zero attached hydrogens (tertiary/aromatic N) is 2. The zero-order chi connectivity index (χ0) is 15.5. The largest absolute Gasteiger partial charge is 0.508 e. The Morgan fingerprint density at radius 3 is 2.38 bits per heavy atom. The molecule has 2 N–H and O–H groups in total. The van der Waals surface area contributed by atoms with Gasteiger partial charge in [0.05, 0.1) is 12.7 Å². The minimum absolute atomic E-state index is 0. The number of halogens is 2. The van der Waals surface area contributed by atoms with Crippen LogP contribution in [0.25, 0.3) is 0 Å². The Morgan fingerprint density at radius 2 is 1.79 bits per heavy atom. The fourth-order valence-electron chi connectivity index (χ4n) is 3.05. The molecule has 0 saturated carbocycles. The van der Waals surface area contributed by atoms with Crippen LogP contribution in [0.15, 0.2) is 24.3 Å². The molecule has 1 amide bonds. The number of nitrogens with one attached hydrogen (secondary N) is 1. The number of anilines is 1. The molecule has 0 aliphatic carbocycles. The van der Waals surface area contributed by atoms with Gasteiger partial charge in [-0.3, -0.25) is 4.79 Å². The molecule has 0 radical (unpaired) electrons. The van der Waals surface area contributed by atoms with Crippen LogP contribution in [0.4, 0.5) is 5.69 Å². The first-order valence-electron chi connectivity index (χ1n) is 7.83. The van der Waals surface area contributed by atoms with Crippen molar-refractivity contribution in [2.24, 2.45) is 0 Å². The molecule has 2 fully saturated rings. The van der Waals surface area contributed by atoms with Crippen LogP contribution in [-0.2, 0) is 9.53 Å². The lowest BCUT2D eigenvalue weighted by molar-refractivity contribution is -0.139. The highest BCUT2D eigenvalue weighted by Crippen LogP contribution is 2.20. The molecule has 136 valence electrons. The number of phenols is 1. The molecule has 2 heterocycles. The van der Waals surface area contributed by atoms with Crippen molar-refractivity contribution in [2.75, 3.05) is 44.2 Å². The lowest BCUT2D eigenvalue weighted by Gasteiger charge is -2.39. The summed E-state index contributed by atoms with van der Waals surface area (Å²) >= 11 is 0. The molecule has 6 nitrogen and oxygen atoms in total. The molecule has 3 rings (SSSR count). The number of aromatic hydroxyl groups is 1. The van der Waals surface area contributed by atoms with Crippen LogP contribution in [0.2, 0.25) is 0 Å². The maximum Gasteiger partial charge on any atom is 0.242 e. The Hall–Kier alpha value is -1.21. The molecule has 8 heteroatoms. The molecule has 1 aromatic carbocycles. The Morgan fingerprint density at radius 1 is 1.17 bits per heavy atom. The summed E-state index contributed by atoms with van der Waals surface area (Å²) in [7, 11) is 0. The fourth-order valence-corrected chi connectivity index (χ4v) is 3.05. The summed E-state index contributed by atoms with van der Waals surface area (Å²) in [4.78, 5) is 16.7. The van der Waals surface area contributed by atoms with Crippen molar-refractivity contribution in [3.05, 3.63) is 24.3 Å². The molecular formula is C16H25Cl2N3O3. The molecule has 2 aliphatic rings. The topological polar surface area (TPSA) is 65.0 Å². The SMILES string of the molecule is C[C@H]1OCCN[C@@H]1C(=O)N1CCN(c2ccc(O)cc2)CC1.Cl.Cl. The van der Waals surface area contributed by atoms with Crippen LogP contribution in [-0.4, -0.2) is 67.4 Å². The summed E-state index contributed by atoms with van der Waals surface area (Å²) in [6.07, 6.45) is -0.0728. The second-order valence-corrected chi connectivity index (χ2v) is 5.84. The van der Waals surface area contributed by atoms with Crippen molar-refractivity contribution in [3.8, 4) is 5.75 Å². The molecule has 1 aromatic rings. The van der Waals surface area contributed by atoms with Crippen molar-refractivity contribution in [1.29, 1.82) is 0 Å². The number of rotatable bonds is 2. The van der Waals surface area contributed by atoms with Gasteiger partial charge in [-0.1, -0.05) is 0 Å². The van der Waals surface area contributed by atoms with Gasteiger partial charge in [0.1, 0.15) is 11.8 Å².